The van der Waals surface area contributed by atoms with Crippen LogP contribution in [0.1, 0.15) is 53.9 Å². The number of aliphatic hydroxyl groups is 1. The molecule has 0 spiro atoms. The van der Waals surface area contributed by atoms with Crippen molar-refractivity contribution in [3.05, 3.63) is 0 Å². The molecule has 0 bridgehead atoms. The van der Waals surface area contributed by atoms with Crippen LogP contribution in [-0.4, -0.2) is 49.3 Å². The third-order valence-electron chi connectivity index (χ3n) is 4.49. The number of aliphatic hydroxyl groups excluding tert-OH is 1. The van der Waals surface area contributed by atoms with Gasteiger partial charge in [-0.3, -0.25) is 0 Å². The summed E-state index contributed by atoms with van der Waals surface area (Å²) in [6, 6.07) is 0. The van der Waals surface area contributed by atoms with Gasteiger partial charge < -0.3 is 15.3 Å². The fourth-order valence-corrected chi connectivity index (χ4v) is 3.39. The number of piperidine rings is 1. The number of nitrogens with zero attached hydrogens (tertiary/aromatic N) is 1. The van der Waals surface area contributed by atoms with Crippen LogP contribution in [0.5, 0.6) is 0 Å². The predicted molar refractivity (Wildman–Crippen MR) is 91.5 cm³/mol. The highest BCUT2D eigenvalue weighted by Gasteiger charge is 2.22. The zero-order valence-corrected chi connectivity index (χ0v) is 15.0. The molecule has 0 amide bonds. The lowest BCUT2D eigenvalue weighted by molar-refractivity contribution is 0.139. The van der Waals surface area contributed by atoms with Crippen molar-refractivity contribution in [2.24, 2.45) is 23.2 Å². The topological polar surface area (TPSA) is 35.5 Å². The Morgan fingerprint density at radius 3 is 2.62 bits per heavy atom. The Bertz CT molecular complexity index is 278. The lowest BCUT2D eigenvalue weighted by Gasteiger charge is -2.35. The Labute approximate surface area is 132 Å². The van der Waals surface area contributed by atoms with Gasteiger partial charge in [-0.25, -0.2) is 0 Å². The molecule has 1 rings (SSSR count). The van der Waals surface area contributed by atoms with E-state index in [2.05, 4.69) is 44.8 Å². The zero-order chi connectivity index (χ0) is 15.9. The van der Waals surface area contributed by atoms with E-state index in [1.54, 1.807) is 0 Å². The van der Waals surface area contributed by atoms with Crippen LogP contribution in [0.3, 0.4) is 0 Å². The Morgan fingerprint density at radius 2 is 2.00 bits per heavy atom. The van der Waals surface area contributed by atoms with Crippen molar-refractivity contribution in [3.8, 4) is 0 Å². The minimum atomic E-state index is -0.00137. The van der Waals surface area contributed by atoms with Crippen molar-refractivity contribution < 1.29 is 5.11 Å². The van der Waals surface area contributed by atoms with E-state index < -0.39 is 0 Å². The van der Waals surface area contributed by atoms with Crippen LogP contribution in [0, 0.1) is 23.2 Å². The Morgan fingerprint density at radius 1 is 1.29 bits per heavy atom. The van der Waals surface area contributed by atoms with Crippen molar-refractivity contribution in [1.82, 2.24) is 10.2 Å². The second-order valence-electron chi connectivity index (χ2n) is 8.46. The molecule has 2 unspecified atom stereocenters. The summed E-state index contributed by atoms with van der Waals surface area (Å²) in [6.07, 6.45) is 4.11. The molecule has 0 saturated carbocycles. The molecule has 0 radical (unpaired) electrons. The van der Waals surface area contributed by atoms with E-state index in [4.69, 9.17) is 0 Å². The molecule has 3 heteroatoms. The molecule has 0 aromatic rings. The summed E-state index contributed by atoms with van der Waals surface area (Å²) >= 11 is 0. The van der Waals surface area contributed by atoms with Crippen LogP contribution < -0.4 is 5.32 Å². The average Bonchev–Trinajstić information content (AvgIpc) is 2.38. The van der Waals surface area contributed by atoms with Crippen LogP contribution in [0.25, 0.3) is 0 Å². The zero-order valence-electron chi connectivity index (χ0n) is 15.0. The van der Waals surface area contributed by atoms with Crippen LogP contribution in [0.2, 0.25) is 0 Å². The Balaban J connectivity index is 2.22. The number of hydrogen-bond donors (Lipinski definition) is 2. The van der Waals surface area contributed by atoms with Crippen LogP contribution >= 0.6 is 0 Å². The van der Waals surface area contributed by atoms with Gasteiger partial charge >= 0.3 is 0 Å². The van der Waals surface area contributed by atoms with Gasteiger partial charge in [-0.15, -0.1) is 0 Å². The van der Waals surface area contributed by atoms with Crippen molar-refractivity contribution >= 4 is 0 Å². The van der Waals surface area contributed by atoms with Gasteiger partial charge in [-0.1, -0.05) is 34.6 Å². The van der Waals surface area contributed by atoms with Gasteiger partial charge in [0.05, 0.1) is 0 Å². The first kappa shape index (κ1) is 18.9. The standard InChI is InChI=1S/C18H38N2O/c1-15(2)11-20-8-6-7-17(12-20)9-16(3)10-19-13-18(4,5)14-21/h15-17,19,21H,6-14H2,1-5H3. The van der Waals surface area contributed by atoms with Gasteiger partial charge in [0.15, 0.2) is 0 Å². The second-order valence-corrected chi connectivity index (χ2v) is 8.46. The van der Waals surface area contributed by atoms with Crippen molar-refractivity contribution in [2.45, 2.75) is 53.9 Å². The van der Waals surface area contributed by atoms with E-state index in [0.29, 0.717) is 0 Å². The van der Waals surface area contributed by atoms with Gasteiger partial charge in [-0.05, 0) is 50.1 Å². The average molecular weight is 299 g/mol. The third kappa shape index (κ3) is 8.18. The third-order valence-corrected chi connectivity index (χ3v) is 4.49. The summed E-state index contributed by atoms with van der Waals surface area (Å²) in [6.45, 7) is 17.3. The molecule has 1 saturated heterocycles. The highest BCUT2D eigenvalue weighted by atomic mass is 16.3. The lowest BCUT2D eigenvalue weighted by atomic mass is 9.88. The van der Waals surface area contributed by atoms with Gasteiger partial charge in [0.2, 0.25) is 0 Å². The fourth-order valence-electron chi connectivity index (χ4n) is 3.39. The normalized spacial score (nSPS) is 22.7. The van der Waals surface area contributed by atoms with E-state index >= 15 is 0 Å². The van der Waals surface area contributed by atoms with E-state index in [1.165, 1.54) is 38.9 Å². The monoisotopic (exact) mass is 298 g/mol. The first-order chi connectivity index (χ1) is 9.82. The molecule has 2 atom stereocenters. The highest BCUT2D eigenvalue weighted by Crippen LogP contribution is 2.24. The number of likely N-dealkylation sites (tertiary alicyclic amines) is 1. The molecule has 0 aromatic heterocycles. The summed E-state index contributed by atoms with van der Waals surface area (Å²) in [7, 11) is 0. The van der Waals surface area contributed by atoms with Crippen LogP contribution in [0.4, 0.5) is 0 Å². The lowest BCUT2D eigenvalue weighted by Crippen LogP contribution is -2.39. The molecule has 0 aromatic carbocycles. The second kappa shape index (κ2) is 9.12. The molecule has 1 heterocycles. The number of nitrogens with one attached hydrogen (secondary N) is 1. The molecule has 0 aliphatic carbocycles. The highest BCUT2D eigenvalue weighted by molar-refractivity contribution is 4.77. The van der Waals surface area contributed by atoms with Gasteiger partial charge in [0.25, 0.3) is 0 Å². The van der Waals surface area contributed by atoms with E-state index in [9.17, 15) is 5.11 Å². The first-order valence-electron chi connectivity index (χ1n) is 8.86. The minimum Gasteiger partial charge on any atom is -0.396 e. The summed E-state index contributed by atoms with van der Waals surface area (Å²) in [5.41, 5.74) is -0.00137. The summed E-state index contributed by atoms with van der Waals surface area (Å²) < 4.78 is 0. The van der Waals surface area contributed by atoms with Crippen molar-refractivity contribution in [1.29, 1.82) is 0 Å². The van der Waals surface area contributed by atoms with Crippen molar-refractivity contribution in [3.63, 3.8) is 0 Å². The Kier molecular flexibility index (Phi) is 8.22. The molecule has 1 aliphatic heterocycles. The smallest absolute Gasteiger partial charge is 0.0494 e. The van der Waals surface area contributed by atoms with E-state index in [0.717, 1.165) is 30.8 Å². The molecular formula is C18H38N2O. The first-order valence-corrected chi connectivity index (χ1v) is 8.86. The van der Waals surface area contributed by atoms with E-state index in [-0.39, 0.29) is 12.0 Å². The quantitative estimate of drug-likeness (QED) is 0.687. The minimum absolute atomic E-state index is 0.00137. The maximum atomic E-state index is 9.28. The largest absolute Gasteiger partial charge is 0.396 e. The van der Waals surface area contributed by atoms with Crippen LogP contribution in [-0.2, 0) is 0 Å². The van der Waals surface area contributed by atoms with Crippen LogP contribution in [0.15, 0.2) is 0 Å². The summed E-state index contributed by atoms with van der Waals surface area (Å²) in [5.74, 6) is 2.38. The van der Waals surface area contributed by atoms with Crippen molar-refractivity contribution in [2.75, 3.05) is 39.3 Å². The molecule has 2 N–H and O–H groups in total. The molecule has 3 nitrogen and oxygen atoms in total. The summed E-state index contributed by atoms with van der Waals surface area (Å²) in [5, 5.41) is 12.8. The number of hydrogen-bond acceptors (Lipinski definition) is 3. The van der Waals surface area contributed by atoms with Gasteiger partial charge in [-0.2, -0.15) is 0 Å². The molecule has 21 heavy (non-hydrogen) atoms. The SMILES string of the molecule is CC(C)CN1CCCC(CC(C)CNCC(C)(C)CO)C1. The Hall–Kier alpha value is -0.120. The molecule has 1 fully saturated rings. The molecular weight excluding hydrogens is 260 g/mol. The van der Waals surface area contributed by atoms with Gasteiger partial charge in [0, 0.05) is 31.7 Å². The maximum Gasteiger partial charge on any atom is 0.0494 e. The maximum absolute atomic E-state index is 9.28. The molecule has 1 aliphatic rings. The van der Waals surface area contributed by atoms with E-state index in [1.807, 2.05) is 0 Å². The number of rotatable bonds is 9. The van der Waals surface area contributed by atoms with Gasteiger partial charge in [0.1, 0.15) is 0 Å². The summed E-state index contributed by atoms with van der Waals surface area (Å²) in [4.78, 5) is 2.66. The fraction of sp³-hybridized carbons (Fsp3) is 1.00. The predicted octanol–water partition coefficient (Wildman–Crippen LogP) is 2.99. The molecule has 126 valence electrons.